The fourth-order valence-corrected chi connectivity index (χ4v) is 1.25. The van der Waals surface area contributed by atoms with E-state index in [0.29, 0.717) is 5.92 Å². The highest BCUT2D eigenvalue weighted by molar-refractivity contribution is 5.28. The number of dihydropyridines is 1. The lowest BCUT2D eigenvalue weighted by Crippen LogP contribution is -2.17. The van der Waals surface area contributed by atoms with Gasteiger partial charge in [0.25, 0.3) is 0 Å². The lowest BCUT2D eigenvalue weighted by atomic mass is 9.99. The average Bonchev–Trinajstić information content (AvgIpc) is 2.08. The topological polar surface area (TPSA) is 12.0 Å². The van der Waals surface area contributed by atoms with Crippen LogP contribution >= 0.6 is 0 Å². The Labute approximate surface area is 76.6 Å². The van der Waals surface area contributed by atoms with E-state index >= 15 is 0 Å². The molecule has 0 bridgehead atoms. The van der Waals surface area contributed by atoms with Crippen LogP contribution < -0.4 is 5.32 Å². The van der Waals surface area contributed by atoms with Crippen LogP contribution in [0, 0.1) is 5.92 Å². The zero-order chi connectivity index (χ0) is 9.56. The SMILES string of the molecule is CC.CC1=C(C(C)C)C=CCN1. The van der Waals surface area contributed by atoms with E-state index in [0.717, 1.165) is 6.54 Å². The second-order valence-electron chi connectivity index (χ2n) is 3.02. The summed E-state index contributed by atoms with van der Waals surface area (Å²) in [5.41, 5.74) is 2.77. The van der Waals surface area contributed by atoms with Gasteiger partial charge in [-0.25, -0.2) is 0 Å². The molecule has 0 amide bonds. The van der Waals surface area contributed by atoms with E-state index < -0.39 is 0 Å². The summed E-state index contributed by atoms with van der Waals surface area (Å²) in [5.74, 6) is 0.643. The largest absolute Gasteiger partial charge is 0.385 e. The molecule has 1 aliphatic heterocycles. The number of nitrogens with one attached hydrogen (secondary N) is 1. The van der Waals surface area contributed by atoms with E-state index in [4.69, 9.17) is 0 Å². The van der Waals surface area contributed by atoms with Crippen LogP contribution in [0.5, 0.6) is 0 Å². The highest BCUT2D eigenvalue weighted by Gasteiger charge is 2.05. The van der Waals surface area contributed by atoms with Crippen molar-refractivity contribution in [3.8, 4) is 0 Å². The molecule has 0 saturated heterocycles. The Balaban J connectivity index is 0.000000561. The number of hydrogen-bond acceptors (Lipinski definition) is 1. The third-order valence-corrected chi connectivity index (χ3v) is 1.84. The van der Waals surface area contributed by atoms with Gasteiger partial charge in [0.15, 0.2) is 0 Å². The van der Waals surface area contributed by atoms with Crippen molar-refractivity contribution in [2.24, 2.45) is 5.92 Å². The van der Waals surface area contributed by atoms with Gasteiger partial charge in [-0.15, -0.1) is 0 Å². The zero-order valence-corrected chi connectivity index (χ0v) is 8.94. The molecular weight excluding hydrogens is 146 g/mol. The van der Waals surface area contributed by atoms with Crippen molar-refractivity contribution >= 4 is 0 Å². The molecule has 1 heteroatoms. The third-order valence-electron chi connectivity index (χ3n) is 1.84. The first-order valence-corrected chi connectivity index (χ1v) is 4.83. The summed E-state index contributed by atoms with van der Waals surface area (Å²) in [7, 11) is 0. The van der Waals surface area contributed by atoms with E-state index in [1.54, 1.807) is 0 Å². The smallest absolute Gasteiger partial charge is 0.0330 e. The van der Waals surface area contributed by atoms with Crippen molar-refractivity contribution in [2.45, 2.75) is 34.6 Å². The van der Waals surface area contributed by atoms with E-state index in [2.05, 4.69) is 38.2 Å². The van der Waals surface area contributed by atoms with Crippen molar-refractivity contribution in [2.75, 3.05) is 6.54 Å². The lowest BCUT2D eigenvalue weighted by molar-refractivity contribution is 0.737. The Bertz CT molecular complexity index is 175. The second kappa shape index (κ2) is 5.87. The molecule has 0 fully saturated rings. The Hall–Kier alpha value is -0.720. The molecule has 0 aromatic heterocycles. The summed E-state index contributed by atoms with van der Waals surface area (Å²) >= 11 is 0. The molecule has 1 N–H and O–H groups in total. The lowest BCUT2D eigenvalue weighted by Gasteiger charge is -2.16. The fraction of sp³-hybridized carbons (Fsp3) is 0.636. The van der Waals surface area contributed by atoms with Crippen LogP contribution in [0.4, 0.5) is 0 Å². The minimum Gasteiger partial charge on any atom is -0.385 e. The maximum absolute atomic E-state index is 3.31. The Morgan fingerprint density at radius 3 is 2.25 bits per heavy atom. The second-order valence-corrected chi connectivity index (χ2v) is 3.02. The summed E-state index contributed by atoms with van der Waals surface area (Å²) < 4.78 is 0. The van der Waals surface area contributed by atoms with Crippen LogP contribution in [0.3, 0.4) is 0 Å². The molecule has 0 spiro atoms. The minimum absolute atomic E-state index is 0.643. The summed E-state index contributed by atoms with van der Waals surface area (Å²) in [6, 6.07) is 0. The normalized spacial score (nSPS) is 15.5. The van der Waals surface area contributed by atoms with Gasteiger partial charge in [0.05, 0.1) is 0 Å². The summed E-state index contributed by atoms with van der Waals surface area (Å²) in [5, 5.41) is 3.31. The first-order valence-electron chi connectivity index (χ1n) is 4.83. The highest BCUT2D eigenvalue weighted by Crippen LogP contribution is 2.16. The Morgan fingerprint density at radius 2 is 1.92 bits per heavy atom. The average molecular weight is 167 g/mol. The molecule has 1 aliphatic rings. The van der Waals surface area contributed by atoms with Crippen molar-refractivity contribution in [3.05, 3.63) is 23.4 Å². The molecule has 0 aliphatic carbocycles. The fourth-order valence-electron chi connectivity index (χ4n) is 1.25. The number of rotatable bonds is 1. The van der Waals surface area contributed by atoms with Crippen LogP contribution in [0.2, 0.25) is 0 Å². The molecule has 0 aromatic carbocycles. The monoisotopic (exact) mass is 167 g/mol. The van der Waals surface area contributed by atoms with Crippen molar-refractivity contribution < 1.29 is 0 Å². The van der Waals surface area contributed by atoms with E-state index in [-0.39, 0.29) is 0 Å². The van der Waals surface area contributed by atoms with Crippen LogP contribution in [0.25, 0.3) is 0 Å². The van der Waals surface area contributed by atoms with Crippen LogP contribution in [0.1, 0.15) is 34.6 Å². The maximum atomic E-state index is 3.31. The third kappa shape index (κ3) is 3.12. The molecule has 1 heterocycles. The van der Waals surface area contributed by atoms with Gasteiger partial charge >= 0.3 is 0 Å². The summed E-state index contributed by atoms with van der Waals surface area (Å²) in [6.45, 7) is 11.6. The van der Waals surface area contributed by atoms with Gasteiger partial charge < -0.3 is 5.32 Å². The van der Waals surface area contributed by atoms with Crippen LogP contribution in [0.15, 0.2) is 23.4 Å². The predicted molar refractivity (Wildman–Crippen MR) is 56.0 cm³/mol. The molecule has 1 rings (SSSR count). The van der Waals surface area contributed by atoms with Crippen molar-refractivity contribution in [1.29, 1.82) is 0 Å². The van der Waals surface area contributed by atoms with E-state index in [1.807, 2.05) is 13.8 Å². The standard InChI is InChI=1S/C9H15N.C2H6/c1-7(2)9-5-4-6-10-8(9)3;1-2/h4-5,7,10H,6H2,1-3H3;1-2H3. The molecule has 1 nitrogen and oxygen atoms in total. The van der Waals surface area contributed by atoms with Gasteiger partial charge in [0, 0.05) is 12.2 Å². The molecule has 12 heavy (non-hydrogen) atoms. The molecule has 0 aromatic rings. The molecule has 70 valence electrons. The van der Waals surface area contributed by atoms with Crippen molar-refractivity contribution in [1.82, 2.24) is 5.32 Å². The van der Waals surface area contributed by atoms with Crippen LogP contribution in [-0.2, 0) is 0 Å². The first-order chi connectivity index (χ1) is 5.72. The molecule has 0 atom stereocenters. The molecule has 0 radical (unpaired) electrons. The highest BCUT2D eigenvalue weighted by atomic mass is 14.9. The van der Waals surface area contributed by atoms with E-state index in [9.17, 15) is 0 Å². The Morgan fingerprint density at radius 1 is 1.33 bits per heavy atom. The van der Waals surface area contributed by atoms with Crippen LogP contribution in [-0.4, -0.2) is 6.54 Å². The first kappa shape index (κ1) is 11.3. The quantitative estimate of drug-likeness (QED) is 0.632. The Kier molecular flexibility index (Phi) is 5.52. The molecular formula is C11H21N. The van der Waals surface area contributed by atoms with Gasteiger partial charge in [-0.05, 0) is 18.4 Å². The predicted octanol–water partition coefficient (Wildman–Crippen LogP) is 3.10. The van der Waals surface area contributed by atoms with E-state index in [1.165, 1.54) is 11.3 Å². The number of hydrogen-bond donors (Lipinski definition) is 1. The summed E-state index contributed by atoms with van der Waals surface area (Å²) in [4.78, 5) is 0. The molecule has 0 saturated carbocycles. The van der Waals surface area contributed by atoms with Gasteiger partial charge in [-0.3, -0.25) is 0 Å². The van der Waals surface area contributed by atoms with Gasteiger partial charge in [0.1, 0.15) is 0 Å². The summed E-state index contributed by atoms with van der Waals surface area (Å²) in [6.07, 6.45) is 4.39. The minimum atomic E-state index is 0.643. The zero-order valence-electron chi connectivity index (χ0n) is 8.94. The molecule has 0 unspecified atom stereocenters. The maximum Gasteiger partial charge on any atom is 0.0330 e. The van der Waals surface area contributed by atoms with Gasteiger partial charge in [-0.1, -0.05) is 39.8 Å². The van der Waals surface area contributed by atoms with Gasteiger partial charge in [0.2, 0.25) is 0 Å². The van der Waals surface area contributed by atoms with Crippen molar-refractivity contribution in [3.63, 3.8) is 0 Å². The van der Waals surface area contributed by atoms with Gasteiger partial charge in [-0.2, -0.15) is 0 Å². The number of allylic oxidation sites excluding steroid dienone is 3.